The fourth-order valence-corrected chi connectivity index (χ4v) is 4.59. The molecule has 0 saturated carbocycles. The van der Waals surface area contributed by atoms with Gasteiger partial charge in [0.05, 0.1) is 30.5 Å². The Hall–Kier alpha value is -3.10. The molecule has 0 N–H and O–H groups in total. The molecule has 3 aromatic rings. The molecule has 1 aromatic carbocycles. The summed E-state index contributed by atoms with van der Waals surface area (Å²) in [6, 6.07) is 13.6. The predicted molar refractivity (Wildman–Crippen MR) is 117 cm³/mol. The number of amides is 1. The zero-order valence-corrected chi connectivity index (χ0v) is 18.4. The molecule has 0 aliphatic rings. The van der Waals surface area contributed by atoms with Crippen LogP contribution in [-0.4, -0.2) is 36.6 Å². The van der Waals surface area contributed by atoms with Crippen LogP contribution >= 0.6 is 0 Å². The maximum Gasteiger partial charge on any atom is 0.247 e. The number of furan rings is 2. The number of hydrogen-bond donors (Lipinski definition) is 0. The molecular weight excluding hydrogens is 416 g/mol. The van der Waals surface area contributed by atoms with Crippen molar-refractivity contribution in [2.75, 3.05) is 13.1 Å². The second kappa shape index (κ2) is 10.3. The van der Waals surface area contributed by atoms with Gasteiger partial charge in [0, 0.05) is 19.2 Å². The fourth-order valence-electron chi connectivity index (χ4n) is 3.13. The van der Waals surface area contributed by atoms with Crippen molar-refractivity contribution in [3.8, 4) is 0 Å². The van der Waals surface area contributed by atoms with Crippen LogP contribution in [0, 0.1) is 0 Å². The highest BCUT2D eigenvalue weighted by atomic mass is 32.2. The summed E-state index contributed by atoms with van der Waals surface area (Å²) in [5, 5.41) is 0. The highest BCUT2D eigenvalue weighted by Gasteiger charge is 2.21. The number of benzene rings is 1. The average Bonchev–Trinajstić information content (AvgIpc) is 3.47. The quantitative estimate of drug-likeness (QED) is 0.441. The van der Waals surface area contributed by atoms with Gasteiger partial charge in [-0.1, -0.05) is 26.0 Å². The minimum atomic E-state index is -3.51. The summed E-state index contributed by atoms with van der Waals surface area (Å²) in [7, 11) is -3.51. The van der Waals surface area contributed by atoms with Crippen LogP contribution in [0.5, 0.6) is 0 Å². The van der Waals surface area contributed by atoms with Crippen LogP contribution < -0.4 is 0 Å². The van der Waals surface area contributed by atoms with Gasteiger partial charge in [-0.3, -0.25) is 4.79 Å². The lowest BCUT2D eigenvalue weighted by Gasteiger charge is -2.19. The Kier molecular flexibility index (Phi) is 7.49. The summed E-state index contributed by atoms with van der Waals surface area (Å²) in [5.41, 5.74) is 0.725. The SMILES string of the molecule is CCN(CC)S(=O)(=O)c1ccc(/C=C/C(=O)N(Cc2ccco2)Cc2ccco2)cc1. The molecule has 0 bridgehead atoms. The first-order valence-electron chi connectivity index (χ1n) is 10.1. The molecular formula is C23H26N2O5S. The second-order valence-corrected chi connectivity index (χ2v) is 8.78. The molecule has 1 amide bonds. The molecule has 0 aliphatic carbocycles. The summed E-state index contributed by atoms with van der Waals surface area (Å²) in [6.45, 7) is 5.05. The lowest BCUT2D eigenvalue weighted by atomic mass is 10.2. The molecule has 3 rings (SSSR count). The molecule has 0 aliphatic heterocycles. The summed E-state index contributed by atoms with van der Waals surface area (Å²) in [5.74, 6) is 1.12. The van der Waals surface area contributed by atoms with Crippen LogP contribution in [0.3, 0.4) is 0 Å². The van der Waals surface area contributed by atoms with Crippen molar-refractivity contribution in [2.24, 2.45) is 0 Å². The monoisotopic (exact) mass is 442 g/mol. The van der Waals surface area contributed by atoms with Crippen molar-refractivity contribution in [3.63, 3.8) is 0 Å². The Morgan fingerprint density at radius 2 is 1.45 bits per heavy atom. The Balaban J connectivity index is 1.73. The van der Waals surface area contributed by atoms with Gasteiger partial charge >= 0.3 is 0 Å². The Labute approximate surface area is 182 Å². The van der Waals surface area contributed by atoms with E-state index in [1.165, 1.54) is 10.4 Å². The topological polar surface area (TPSA) is 84.0 Å². The molecule has 31 heavy (non-hydrogen) atoms. The van der Waals surface area contributed by atoms with Gasteiger partial charge in [0.25, 0.3) is 0 Å². The smallest absolute Gasteiger partial charge is 0.247 e. The van der Waals surface area contributed by atoms with E-state index in [0.717, 1.165) is 5.56 Å². The van der Waals surface area contributed by atoms with Crippen molar-refractivity contribution in [1.82, 2.24) is 9.21 Å². The predicted octanol–water partition coefficient (Wildman–Crippen LogP) is 4.15. The number of sulfonamides is 1. The normalized spacial score (nSPS) is 12.0. The lowest BCUT2D eigenvalue weighted by Crippen LogP contribution is -2.30. The zero-order chi connectivity index (χ0) is 22.3. The number of rotatable bonds is 10. The Morgan fingerprint density at radius 1 is 0.903 bits per heavy atom. The van der Waals surface area contributed by atoms with Gasteiger partial charge in [0.1, 0.15) is 11.5 Å². The first-order valence-corrected chi connectivity index (χ1v) is 11.5. The highest BCUT2D eigenvalue weighted by Crippen LogP contribution is 2.17. The van der Waals surface area contributed by atoms with Gasteiger partial charge in [-0.15, -0.1) is 0 Å². The molecule has 0 fully saturated rings. The van der Waals surface area contributed by atoms with Crippen molar-refractivity contribution in [3.05, 3.63) is 84.2 Å². The minimum absolute atomic E-state index is 0.215. The first kappa shape index (κ1) is 22.6. The van der Waals surface area contributed by atoms with Gasteiger partial charge in [-0.2, -0.15) is 4.31 Å². The molecule has 7 nitrogen and oxygen atoms in total. The van der Waals surface area contributed by atoms with Crippen molar-refractivity contribution in [2.45, 2.75) is 31.8 Å². The second-order valence-electron chi connectivity index (χ2n) is 6.84. The summed E-state index contributed by atoms with van der Waals surface area (Å²) in [6.07, 6.45) is 6.25. The van der Waals surface area contributed by atoms with Crippen LogP contribution in [0.25, 0.3) is 6.08 Å². The highest BCUT2D eigenvalue weighted by molar-refractivity contribution is 7.89. The molecule has 164 valence electrons. The third kappa shape index (κ3) is 5.74. The van der Waals surface area contributed by atoms with Gasteiger partial charge in [-0.25, -0.2) is 8.42 Å². The Morgan fingerprint density at radius 3 is 1.90 bits per heavy atom. The summed E-state index contributed by atoms with van der Waals surface area (Å²) >= 11 is 0. The third-order valence-electron chi connectivity index (χ3n) is 4.81. The average molecular weight is 443 g/mol. The molecule has 0 spiro atoms. The van der Waals surface area contributed by atoms with E-state index in [9.17, 15) is 13.2 Å². The van der Waals surface area contributed by atoms with E-state index in [-0.39, 0.29) is 10.8 Å². The van der Waals surface area contributed by atoms with Crippen LogP contribution in [0.2, 0.25) is 0 Å². The van der Waals surface area contributed by atoms with E-state index in [4.69, 9.17) is 8.83 Å². The van der Waals surface area contributed by atoms with Gasteiger partial charge in [-0.05, 0) is 48.0 Å². The van der Waals surface area contributed by atoms with Crippen molar-refractivity contribution < 1.29 is 22.0 Å². The van der Waals surface area contributed by atoms with Crippen LogP contribution in [0.1, 0.15) is 30.9 Å². The van der Waals surface area contributed by atoms with Gasteiger partial charge < -0.3 is 13.7 Å². The maximum atomic E-state index is 12.8. The van der Waals surface area contributed by atoms with E-state index < -0.39 is 10.0 Å². The summed E-state index contributed by atoms with van der Waals surface area (Å²) in [4.78, 5) is 14.7. The molecule has 0 saturated heterocycles. The molecule has 2 aromatic heterocycles. The molecule has 2 heterocycles. The van der Waals surface area contributed by atoms with Crippen LogP contribution in [-0.2, 0) is 27.9 Å². The van der Waals surface area contributed by atoms with E-state index in [0.29, 0.717) is 37.7 Å². The minimum Gasteiger partial charge on any atom is -0.467 e. The zero-order valence-electron chi connectivity index (χ0n) is 17.6. The van der Waals surface area contributed by atoms with Crippen molar-refractivity contribution >= 4 is 22.0 Å². The van der Waals surface area contributed by atoms with Gasteiger partial charge in [0.2, 0.25) is 15.9 Å². The van der Waals surface area contributed by atoms with E-state index in [2.05, 4.69) is 0 Å². The number of carbonyl (C=O) groups excluding carboxylic acids is 1. The van der Waals surface area contributed by atoms with E-state index in [1.54, 1.807) is 85.9 Å². The van der Waals surface area contributed by atoms with E-state index >= 15 is 0 Å². The third-order valence-corrected chi connectivity index (χ3v) is 6.87. The largest absolute Gasteiger partial charge is 0.467 e. The molecule has 0 unspecified atom stereocenters. The molecule has 0 atom stereocenters. The number of nitrogens with zero attached hydrogens (tertiary/aromatic N) is 2. The molecule has 0 radical (unpaired) electrons. The van der Waals surface area contributed by atoms with Gasteiger partial charge in [0.15, 0.2) is 0 Å². The lowest BCUT2D eigenvalue weighted by molar-refractivity contribution is -0.127. The van der Waals surface area contributed by atoms with Crippen LogP contribution in [0.15, 0.2) is 80.9 Å². The number of hydrogen-bond acceptors (Lipinski definition) is 5. The standard InChI is InChI=1S/C23H26N2O5S/c1-3-25(4-2)31(27,28)22-12-9-19(10-13-22)11-14-23(26)24(17-20-7-5-15-29-20)18-21-8-6-16-30-21/h5-16H,3-4,17-18H2,1-2H3/b14-11+. The maximum absolute atomic E-state index is 12.8. The molecule has 8 heteroatoms. The summed E-state index contributed by atoms with van der Waals surface area (Å²) < 4.78 is 37.3. The van der Waals surface area contributed by atoms with E-state index in [1.807, 2.05) is 0 Å². The van der Waals surface area contributed by atoms with Crippen LogP contribution in [0.4, 0.5) is 0 Å². The van der Waals surface area contributed by atoms with Crippen molar-refractivity contribution in [1.29, 1.82) is 0 Å². The number of carbonyl (C=O) groups is 1. The first-order chi connectivity index (χ1) is 14.9. The fraction of sp³-hybridized carbons (Fsp3) is 0.261. The Bertz CT molecular complexity index is 1050.